The summed E-state index contributed by atoms with van der Waals surface area (Å²) >= 11 is 0. The van der Waals surface area contributed by atoms with Crippen LogP contribution >= 0.6 is 0 Å². The summed E-state index contributed by atoms with van der Waals surface area (Å²) in [4.78, 5) is 0. The van der Waals surface area contributed by atoms with Crippen LogP contribution in [0.1, 0.15) is 155 Å². The second kappa shape index (κ2) is 13.5. The van der Waals surface area contributed by atoms with Gasteiger partial charge in [0, 0.05) is 0 Å². The summed E-state index contributed by atoms with van der Waals surface area (Å²) in [5.74, 6) is 2.58. The summed E-state index contributed by atoms with van der Waals surface area (Å²) in [6, 6.07) is 0. The van der Waals surface area contributed by atoms with Gasteiger partial charge in [0.1, 0.15) is 0 Å². The molecule has 0 heteroatoms. The van der Waals surface area contributed by atoms with Crippen LogP contribution in [0.4, 0.5) is 0 Å². The molecular formula is C30H64. The molecule has 0 saturated carbocycles. The third kappa shape index (κ3) is 21.2. The third-order valence-electron chi connectivity index (χ3n) is 7.24. The lowest BCUT2D eigenvalue weighted by molar-refractivity contribution is 0.220. The standard InChI is InChI=1S/C19H40.C11H24/c1-15(13-14-17(3)19(7,8)9)11-10-12-16(2)18(4,5)6;1-10(2,3)8-7-9-11(4,5)6/h15-17H,10-14H2,1-9H3;7-9H2,1-6H3. The van der Waals surface area contributed by atoms with Crippen molar-refractivity contribution in [1.82, 2.24) is 0 Å². The Kier molecular flexibility index (Phi) is 14.5. The summed E-state index contributed by atoms with van der Waals surface area (Å²) in [6.45, 7) is 35.4. The lowest BCUT2D eigenvalue weighted by Crippen LogP contribution is -2.18. The average molecular weight is 425 g/mol. The Bertz CT molecular complexity index is 387. The molecule has 0 aromatic carbocycles. The highest BCUT2D eigenvalue weighted by atomic mass is 14.3. The first-order valence-corrected chi connectivity index (χ1v) is 13.1. The van der Waals surface area contributed by atoms with E-state index in [2.05, 4.69) is 104 Å². The Balaban J connectivity index is 0. The van der Waals surface area contributed by atoms with Crippen molar-refractivity contribution in [3.8, 4) is 0 Å². The van der Waals surface area contributed by atoms with E-state index in [1.807, 2.05) is 0 Å². The van der Waals surface area contributed by atoms with Crippen molar-refractivity contribution in [2.75, 3.05) is 0 Å². The molecule has 0 aromatic heterocycles. The van der Waals surface area contributed by atoms with Crippen LogP contribution in [-0.4, -0.2) is 0 Å². The molecule has 0 aliphatic rings. The normalized spacial score (nSPS) is 16.5. The SMILES string of the molecule is CC(C)(C)CCCC(C)(C)C.CC(CCCC(C)C(C)(C)C)CCC(C)C(C)(C)C. The summed E-state index contributed by atoms with van der Waals surface area (Å²) < 4.78 is 0. The molecule has 0 saturated heterocycles. The third-order valence-corrected chi connectivity index (χ3v) is 7.24. The molecule has 184 valence electrons. The Morgan fingerprint density at radius 3 is 1.13 bits per heavy atom. The van der Waals surface area contributed by atoms with Gasteiger partial charge in [-0.3, -0.25) is 0 Å². The van der Waals surface area contributed by atoms with Crippen molar-refractivity contribution in [2.24, 2.45) is 39.4 Å². The largest absolute Gasteiger partial charge is 0.0625 e. The van der Waals surface area contributed by atoms with E-state index < -0.39 is 0 Å². The van der Waals surface area contributed by atoms with E-state index in [1.165, 1.54) is 51.4 Å². The van der Waals surface area contributed by atoms with Gasteiger partial charge >= 0.3 is 0 Å². The molecule has 0 aromatic rings. The van der Waals surface area contributed by atoms with Crippen LogP contribution in [-0.2, 0) is 0 Å². The molecular weight excluding hydrogens is 360 g/mol. The Morgan fingerprint density at radius 1 is 0.433 bits per heavy atom. The molecule has 3 atom stereocenters. The van der Waals surface area contributed by atoms with Gasteiger partial charge in [-0.25, -0.2) is 0 Å². The maximum absolute atomic E-state index is 2.44. The average Bonchev–Trinajstić information content (AvgIpc) is 2.48. The van der Waals surface area contributed by atoms with E-state index in [-0.39, 0.29) is 0 Å². The fourth-order valence-corrected chi connectivity index (χ4v) is 3.47. The van der Waals surface area contributed by atoms with E-state index >= 15 is 0 Å². The van der Waals surface area contributed by atoms with Crippen molar-refractivity contribution in [3.63, 3.8) is 0 Å². The van der Waals surface area contributed by atoms with Gasteiger partial charge in [0.05, 0.1) is 0 Å². The molecule has 0 spiro atoms. The van der Waals surface area contributed by atoms with Crippen LogP contribution in [0, 0.1) is 39.4 Å². The summed E-state index contributed by atoms with van der Waals surface area (Å²) in [5.41, 5.74) is 1.99. The minimum absolute atomic E-state index is 0.473. The first kappa shape index (κ1) is 32.2. The highest BCUT2D eigenvalue weighted by molar-refractivity contribution is 4.72. The van der Waals surface area contributed by atoms with Crippen LogP contribution in [0.15, 0.2) is 0 Å². The van der Waals surface area contributed by atoms with Crippen LogP contribution in [0.3, 0.4) is 0 Å². The van der Waals surface area contributed by atoms with Gasteiger partial charge in [-0.05, 0) is 58.7 Å². The van der Waals surface area contributed by atoms with E-state index in [9.17, 15) is 0 Å². The molecule has 3 unspecified atom stereocenters. The molecule has 0 amide bonds. The van der Waals surface area contributed by atoms with Gasteiger partial charge < -0.3 is 0 Å². The van der Waals surface area contributed by atoms with Gasteiger partial charge in [-0.2, -0.15) is 0 Å². The van der Waals surface area contributed by atoms with Crippen molar-refractivity contribution >= 4 is 0 Å². The van der Waals surface area contributed by atoms with Gasteiger partial charge in [-0.1, -0.05) is 136 Å². The Hall–Kier alpha value is 0. The van der Waals surface area contributed by atoms with E-state index in [0.717, 1.165) is 17.8 Å². The molecule has 0 rings (SSSR count). The Morgan fingerprint density at radius 2 is 0.800 bits per heavy atom. The fraction of sp³-hybridized carbons (Fsp3) is 1.00. The second-order valence-electron chi connectivity index (χ2n) is 15.1. The van der Waals surface area contributed by atoms with Gasteiger partial charge in [0.15, 0.2) is 0 Å². The van der Waals surface area contributed by atoms with Gasteiger partial charge in [0.25, 0.3) is 0 Å². The topological polar surface area (TPSA) is 0 Å². The van der Waals surface area contributed by atoms with Crippen LogP contribution < -0.4 is 0 Å². The van der Waals surface area contributed by atoms with E-state index in [0.29, 0.717) is 21.7 Å². The van der Waals surface area contributed by atoms with Crippen molar-refractivity contribution in [3.05, 3.63) is 0 Å². The molecule has 0 aliphatic heterocycles. The molecule has 0 aliphatic carbocycles. The summed E-state index contributed by atoms with van der Waals surface area (Å²) in [7, 11) is 0. The number of rotatable bonds is 9. The van der Waals surface area contributed by atoms with E-state index in [4.69, 9.17) is 0 Å². The predicted molar refractivity (Wildman–Crippen MR) is 142 cm³/mol. The zero-order chi connectivity index (χ0) is 24.4. The number of hydrogen-bond donors (Lipinski definition) is 0. The van der Waals surface area contributed by atoms with Gasteiger partial charge in [0.2, 0.25) is 0 Å². The highest BCUT2D eigenvalue weighted by Crippen LogP contribution is 2.33. The zero-order valence-electron chi connectivity index (χ0n) is 24.4. The Labute approximate surface area is 194 Å². The van der Waals surface area contributed by atoms with Crippen LogP contribution in [0.5, 0.6) is 0 Å². The maximum atomic E-state index is 2.44. The molecule has 0 nitrogen and oxygen atoms in total. The molecule has 30 heavy (non-hydrogen) atoms. The van der Waals surface area contributed by atoms with Crippen molar-refractivity contribution in [1.29, 1.82) is 0 Å². The predicted octanol–water partition coefficient (Wildman–Crippen LogP) is 11.2. The van der Waals surface area contributed by atoms with Crippen molar-refractivity contribution in [2.45, 2.75) is 155 Å². The number of hydrogen-bond acceptors (Lipinski definition) is 0. The molecule has 0 radical (unpaired) electrons. The van der Waals surface area contributed by atoms with Gasteiger partial charge in [-0.15, -0.1) is 0 Å². The minimum Gasteiger partial charge on any atom is -0.0625 e. The lowest BCUT2D eigenvalue weighted by Gasteiger charge is -2.29. The first-order chi connectivity index (χ1) is 13.1. The second-order valence-corrected chi connectivity index (χ2v) is 15.1. The highest BCUT2D eigenvalue weighted by Gasteiger charge is 2.21. The summed E-state index contributed by atoms with van der Waals surface area (Å²) in [5, 5.41) is 0. The smallest absolute Gasteiger partial charge is 0.0357 e. The first-order valence-electron chi connectivity index (χ1n) is 13.1. The zero-order valence-corrected chi connectivity index (χ0v) is 24.4. The molecule has 0 bridgehead atoms. The molecule has 0 fully saturated rings. The molecule has 0 heterocycles. The fourth-order valence-electron chi connectivity index (χ4n) is 3.47. The molecule has 0 N–H and O–H groups in total. The summed E-state index contributed by atoms with van der Waals surface area (Å²) in [6.07, 6.45) is 11.1. The van der Waals surface area contributed by atoms with Crippen LogP contribution in [0.25, 0.3) is 0 Å². The minimum atomic E-state index is 0.473. The maximum Gasteiger partial charge on any atom is -0.0357 e. The quantitative estimate of drug-likeness (QED) is 0.345. The van der Waals surface area contributed by atoms with Crippen LogP contribution in [0.2, 0.25) is 0 Å². The van der Waals surface area contributed by atoms with Crippen molar-refractivity contribution < 1.29 is 0 Å². The van der Waals surface area contributed by atoms with E-state index in [1.54, 1.807) is 0 Å². The lowest BCUT2D eigenvalue weighted by atomic mass is 9.77. The monoisotopic (exact) mass is 425 g/mol.